The molecule has 0 aliphatic carbocycles. The minimum atomic E-state index is -3.91. The van der Waals surface area contributed by atoms with E-state index in [0.717, 1.165) is 11.4 Å². The molecule has 0 radical (unpaired) electrons. The molecule has 3 N–H and O–H groups in total. The van der Waals surface area contributed by atoms with Crippen LogP contribution in [0.15, 0.2) is 59.5 Å². The minimum absolute atomic E-state index is 0.0154. The third-order valence-corrected chi connectivity index (χ3v) is 5.73. The molecule has 3 aromatic rings. The van der Waals surface area contributed by atoms with Crippen molar-refractivity contribution in [2.75, 3.05) is 36.2 Å². The van der Waals surface area contributed by atoms with Crippen molar-refractivity contribution < 1.29 is 22.6 Å². The lowest BCUT2D eigenvalue weighted by molar-refractivity contribution is 0.340. The van der Waals surface area contributed by atoms with Gasteiger partial charge in [0.25, 0.3) is 10.0 Å². The van der Waals surface area contributed by atoms with E-state index in [1.54, 1.807) is 12.1 Å². The first kappa shape index (κ1) is 24.0. The van der Waals surface area contributed by atoms with Gasteiger partial charge in [0.2, 0.25) is 5.88 Å². The van der Waals surface area contributed by atoms with Gasteiger partial charge in [0.15, 0.2) is 10.9 Å². The zero-order valence-corrected chi connectivity index (χ0v) is 19.8. The second-order valence-corrected chi connectivity index (χ2v) is 8.54. The molecule has 0 atom stereocenters. The summed E-state index contributed by atoms with van der Waals surface area (Å²) in [6, 6.07) is 14.8. The van der Waals surface area contributed by atoms with Crippen molar-refractivity contribution >= 4 is 44.5 Å². The molecule has 0 fully saturated rings. The van der Waals surface area contributed by atoms with E-state index in [4.69, 9.17) is 26.4 Å². The Morgan fingerprint density at radius 1 is 0.939 bits per heavy atom. The molecule has 0 aliphatic heterocycles. The van der Waals surface area contributed by atoms with E-state index in [-0.39, 0.29) is 22.6 Å². The van der Waals surface area contributed by atoms with Gasteiger partial charge in [-0.25, -0.2) is 8.42 Å². The molecule has 0 saturated carbocycles. The van der Waals surface area contributed by atoms with Crippen LogP contribution >= 0.6 is 12.2 Å². The first-order valence-corrected chi connectivity index (χ1v) is 11.6. The van der Waals surface area contributed by atoms with E-state index in [2.05, 4.69) is 25.3 Å². The van der Waals surface area contributed by atoms with Gasteiger partial charge in [0.05, 0.1) is 25.7 Å². The molecular weight excluding hydrogens is 466 g/mol. The highest BCUT2D eigenvalue weighted by molar-refractivity contribution is 7.92. The Bertz CT molecular complexity index is 1180. The van der Waals surface area contributed by atoms with Gasteiger partial charge in [-0.1, -0.05) is 0 Å². The molecule has 174 valence electrons. The van der Waals surface area contributed by atoms with Crippen LogP contribution in [0.5, 0.6) is 17.6 Å². The number of nitrogens with one attached hydrogen (secondary N) is 3. The van der Waals surface area contributed by atoms with E-state index in [0.29, 0.717) is 17.4 Å². The van der Waals surface area contributed by atoms with Crippen LogP contribution in [0.4, 0.5) is 17.2 Å². The second-order valence-electron chi connectivity index (χ2n) is 6.45. The summed E-state index contributed by atoms with van der Waals surface area (Å²) in [5.41, 5.74) is 1.40. The monoisotopic (exact) mass is 489 g/mol. The van der Waals surface area contributed by atoms with Gasteiger partial charge in [-0.05, 0) is 67.7 Å². The summed E-state index contributed by atoms with van der Waals surface area (Å²) in [6.07, 6.45) is 0. The Morgan fingerprint density at radius 3 is 2.09 bits per heavy atom. The SMILES string of the molecule is CCOc1ccc(NC(=S)Nc2ccc(S(=O)(=O)Nc3cc(OC)nc(OC)n3)cc2)cc1. The van der Waals surface area contributed by atoms with Gasteiger partial charge in [-0.3, -0.25) is 4.72 Å². The van der Waals surface area contributed by atoms with E-state index in [1.165, 1.54) is 32.4 Å². The van der Waals surface area contributed by atoms with Gasteiger partial charge in [-0.15, -0.1) is 0 Å². The molecule has 0 unspecified atom stereocenters. The molecule has 33 heavy (non-hydrogen) atoms. The number of sulfonamides is 1. The molecule has 0 saturated heterocycles. The van der Waals surface area contributed by atoms with Crippen LogP contribution in [-0.2, 0) is 10.0 Å². The van der Waals surface area contributed by atoms with E-state index < -0.39 is 10.0 Å². The van der Waals surface area contributed by atoms with Gasteiger partial charge in [-0.2, -0.15) is 9.97 Å². The number of hydrogen-bond acceptors (Lipinski definition) is 8. The minimum Gasteiger partial charge on any atom is -0.494 e. The highest BCUT2D eigenvalue weighted by atomic mass is 32.2. The Morgan fingerprint density at radius 2 is 1.55 bits per heavy atom. The highest BCUT2D eigenvalue weighted by Gasteiger charge is 2.17. The summed E-state index contributed by atoms with van der Waals surface area (Å²) >= 11 is 5.32. The fourth-order valence-electron chi connectivity index (χ4n) is 2.66. The topological polar surface area (TPSA) is 124 Å². The van der Waals surface area contributed by atoms with Crippen LogP contribution in [0, 0.1) is 0 Å². The van der Waals surface area contributed by atoms with Crippen molar-refractivity contribution in [1.82, 2.24) is 9.97 Å². The molecular formula is C21H23N5O5S2. The maximum Gasteiger partial charge on any atom is 0.321 e. The molecule has 0 aliphatic rings. The van der Waals surface area contributed by atoms with Gasteiger partial charge < -0.3 is 24.8 Å². The summed E-state index contributed by atoms with van der Waals surface area (Å²) in [4.78, 5) is 7.94. The van der Waals surface area contributed by atoms with Crippen molar-refractivity contribution in [3.63, 3.8) is 0 Å². The molecule has 1 aromatic heterocycles. The third kappa shape index (κ3) is 6.67. The standard InChI is InChI=1S/C21H23N5O5S2/c1-4-31-16-9-5-14(6-10-16)22-21(32)23-15-7-11-17(12-8-15)33(27,28)26-18-13-19(29-2)25-20(24-18)30-3/h5-13H,4H2,1-3H3,(H2,22,23,32)(H,24,25,26). The first-order chi connectivity index (χ1) is 15.8. The number of thiocarbonyl (C=S) groups is 1. The van der Waals surface area contributed by atoms with Crippen LogP contribution in [0.2, 0.25) is 0 Å². The fraction of sp³-hybridized carbons (Fsp3) is 0.190. The predicted octanol–water partition coefficient (Wildman–Crippen LogP) is 3.50. The average molecular weight is 490 g/mol. The lowest BCUT2D eigenvalue weighted by atomic mass is 10.3. The van der Waals surface area contributed by atoms with Crippen molar-refractivity contribution in [2.24, 2.45) is 0 Å². The van der Waals surface area contributed by atoms with Crippen LogP contribution in [0.1, 0.15) is 6.92 Å². The molecule has 3 rings (SSSR count). The summed E-state index contributed by atoms with van der Waals surface area (Å²) < 4.78 is 43.2. The fourth-order valence-corrected chi connectivity index (χ4v) is 3.89. The van der Waals surface area contributed by atoms with Crippen molar-refractivity contribution in [1.29, 1.82) is 0 Å². The Balaban J connectivity index is 1.64. The van der Waals surface area contributed by atoms with Crippen LogP contribution in [0.3, 0.4) is 0 Å². The summed E-state index contributed by atoms with van der Waals surface area (Å²) in [6.45, 7) is 2.51. The molecule has 0 spiro atoms. The molecule has 2 aromatic carbocycles. The molecule has 10 nitrogen and oxygen atoms in total. The maximum absolute atomic E-state index is 12.7. The first-order valence-electron chi connectivity index (χ1n) is 9.73. The number of hydrogen-bond donors (Lipinski definition) is 3. The number of methoxy groups -OCH3 is 2. The van der Waals surface area contributed by atoms with Crippen molar-refractivity contribution in [2.45, 2.75) is 11.8 Å². The van der Waals surface area contributed by atoms with Crippen molar-refractivity contribution in [3.05, 3.63) is 54.6 Å². The van der Waals surface area contributed by atoms with Crippen molar-refractivity contribution in [3.8, 4) is 17.6 Å². The molecule has 0 amide bonds. The Labute approximate surface area is 197 Å². The Kier molecular flexibility index (Phi) is 7.85. The van der Waals surface area contributed by atoms with Crippen LogP contribution < -0.4 is 29.6 Å². The lowest BCUT2D eigenvalue weighted by Gasteiger charge is -2.12. The second kappa shape index (κ2) is 10.8. The maximum atomic E-state index is 12.7. The summed E-state index contributed by atoms with van der Waals surface area (Å²) in [7, 11) is -1.13. The quantitative estimate of drug-likeness (QED) is 0.385. The molecule has 12 heteroatoms. The number of nitrogens with zero attached hydrogens (tertiary/aromatic N) is 2. The van der Waals surface area contributed by atoms with Crippen LogP contribution in [0.25, 0.3) is 0 Å². The number of aromatic nitrogens is 2. The highest BCUT2D eigenvalue weighted by Crippen LogP contribution is 2.22. The summed E-state index contributed by atoms with van der Waals surface area (Å²) in [5, 5.41) is 6.42. The van der Waals surface area contributed by atoms with Gasteiger partial charge in [0, 0.05) is 17.4 Å². The van der Waals surface area contributed by atoms with E-state index >= 15 is 0 Å². The number of rotatable bonds is 9. The number of benzene rings is 2. The molecule has 1 heterocycles. The zero-order valence-electron chi connectivity index (χ0n) is 18.2. The lowest BCUT2D eigenvalue weighted by Crippen LogP contribution is -2.19. The third-order valence-electron chi connectivity index (χ3n) is 4.16. The van der Waals surface area contributed by atoms with Crippen LogP contribution in [-0.4, -0.2) is 44.3 Å². The molecule has 0 bridgehead atoms. The zero-order chi connectivity index (χ0) is 23.8. The average Bonchev–Trinajstić information content (AvgIpc) is 2.80. The van der Waals surface area contributed by atoms with Gasteiger partial charge >= 0.3 is 6.01 Å². The van der Waals surface area contributed by atoms with Gasteiger partial charge in [0.1, 0.15) is 5.75 Å². The Hall–Kier alpha value is -3.64. The van der Waals surface area contributed by atoms with E-state index in [9.17, 15) is 8.42 Å². The van der Waals surface area contributed by atoms with E-state index in [1.807, 2.05) is 31.2 Å². The smallest absolute Gasteiger partial charge is 0.321 e. The predicted molar refractivity (Wildman–Crippen MR) is 130 cm³/mol. The number of ether oxygens (including phenoxy) is 3. The largest absolute Gasteiger partial charge is 0.494 e. The number of anilines is 3. The normalized spacial score (nSPS) is 10.8. The summed E-state index contributed by atoms with van der Waals surface area (Å²) in [5.74, 6) is 0.945.